The summed E-state index contributed by atoms with van der Waals surface area (Å²) >= 11 is -2.55. The van der Waals surface area contributed by atoms with Gasteiger partial charge in [-0.15, -0.1) is 4.73 Å². The van der Waals surface area contributed by atoms with E-state index in [-0.39, 0.29) is 36.8 Å². The number of rotatable bonds is 2. The van der Waals surface area contributed by atoms with Crippen LogP contribution in [0.1, 0.15) is 1.43 Å². The number of anilines is 1. The smallest absolute Gasteiger partial charge is 1.00 e. The van der Waals surface area contributed by atoms with Gasteiger partial charge >= 0.3 is 46.6 Å². The summed E-state index contributed by atoms with van der Waals surface area (Å²) in [6.07, 6.45) is 1.10. The maximum absolute atomic E-state index is 10.8. The van der Waals surface area contributed by atoms with Crippen molar-refractivity contribution in [2.75, 3.05) is 5.73 Å². The molecule has 1 aromatic rings. The minimum absolute atomic E-state index is 0. The summed E-state index contributed by atoms with van der Waals surface area (Å²) in [7, 11) is 0. The molecule has 0 aliphatic carbocycles. The van der Waals surface area contributed by atoms with Crippen molar-refractivity contribution in [2.24, 2.45) is 0 Å². The monoisotopic (exact) mass is 215 g/mol. The van der Waals surface area contributed by atoms with Crippen LogP contribution in [0.15, 0.2) is 17.1 Å². The normalized spacial score (nSPS) is 11.5. The molecule has 0 bridgehead atoms. The van der Waals surface area contributed by atoms with Crippen LogP contribution in [0, 0.1) is 0 Å². The average Bonchev–Trinajstić information content (AvgIpc) is 1.94. The second kappa shape index (κ2) is 5.35. The SMILES string of the molecule is Nc1ccn(OS(=O)O)c(=O)n1.[H-].[Na+]. The van der Waals surface area contributed by atoms with E-state index < -0.39 is 17.1 Å². The van der Waals surface area contributed by atoms with Crippen molar-refractivity contribution in [3.05, 3.63) is 22.7 Å². The maximum Gasteiger partial charge on any atom is 1.00 e. The topological polar surface area (TPSA) is 107 Å². The summed E-state index contributed by atoms with van der Waals surface area (Å²) in [6.45, 7) is 0. The summed E-state index contributed by atoms with van der Waals surface area (Å²) < 4.78 is 22.9. The van der Waals surface area contributed by atoms with Gasteiger partial charge in [0, 0.05) is 6.07 Å². The molecule has 1 aromatic heterocycles. The van der Waals surface area contributed by atoms with Crippen molar-refractivity contribution in [2.45, 2.75) is 0 Å². The summed E-state index contributed by atoms with van der Waals surface area (Å²) in [5.74, 6) is 0.0172. The first-order valence-electron chi connectivity index (χ1n) is 2.74. The van der Waals surface area contributed by atoms with Gasteiger partial charge in [-0.1, -0.05) is 0 Å². The van der Waals surface area contributed by atoms with Gasteiger partial charge < -0.3 is 7.16 Å². The van der Waals surface area contributed by atoms with Crippen molar-refractivity contribution < 1.29 is 44.0 Å². The van der Waals surface area contributed by atoms with Gasteiger partial charge in [-0.05, 0) is 0 Å². The first kappa shape index (κ1) is 12.6. The molecule has 0 aliphatic rings. The van der Waals surface area contributed by atoms with Crippen LogP contribution >= 0.6 is 0 Å². The molecule has 0 amide bonds. The standard InChI is InChI=1S/C4H5N3O4S.Na.H/c5-3-1-2-7(4(8)6-3)11-12(9)10;;/h1-2H,(H,9,10)(H2,5,6,8);;/q;+1;-1. The third-order valence-electron chi connectivity index (χ3n) is 0.938. The van der Waals surface area contributed by atoms with Gasteiger partial charge in [0.05, 0.1) is 6.20 Å². The molecular weight excluding hydrogens is 209 g/mol. The molecule has 1 atom stereocenters. The van der Waals surface area contributed by atoms with Crippen LogP contribution in [-0.2, 0) is 11.4 Å². The van der Waals surface area contributed by atoms with Crippen LogP contribution < -0.4 is 45.3 Å². The van der Waals surface area contributed by atoms with E-state index in [1.807, 2.05) is 0 Å². The number of hydrogen-bond acceptors (Lipinski definition) is 5. The molecule has 1 unspecified atom stereocenters. The van der Waals surface area contributed by atoms with Crippen LogP contribution in [0.2, 0.25) is 0 Å². The number of nitrogens with zero attached hydrogens (tertiary/aromatic N) is 2. The van der Waals surface area contributed by atoms with Crippen LogP contribution in [0.4, 0.5) is 5.82 Å². The number of nitrogen functional groups attached to an aromatic ring is 1. The minimum atomic E-state index is -2.55. The van der Waals surface area contributed by atoms with Crippen molar-refractivity contribution in [3.8, 4) is 0 Å². The molecule has 7 nitrogen and oxygen atoms in total. The van der Waals surface area contributed by atoms with Gasteiger partial charge in [0.15, 0.2) is 0 Å². The largest absolute Gasteiger partial charge is 1.00 e. The number of aromatic nitrogens is 2. The summed E-state index contributed by atoms with van der Waals surface area (Å²) in [6, 6.07) is 1.26. The van der Waals surface area contributed by atoms with Gasteiger partial charge in [-0.25, -0.2) is 4.79 Å². The van der Waals surface area contributed by atoms with Crippen molar-refractivity contribution >= 4 is 17.2 Å². The molecular formula is C4H6N3NaO4S. The van der Waals surface area contributed by atoms with Gasteiger partial charge in [0.2, 0.25) is 0 Å². The molecule has 1 rings (SSSR count). The van der Waals surface area contributed by atoms with Crippen molar-refractivity contribution in [1.82, 2.24) is 9.71 Å². The third kappa shape index (κ3) is 3.87. The Morgan fingerprint density at radius 1 is 1.77 bits per heavy atom. The van der Waals surface area contributed by atoms with Gasteiger partial charge in [-0.3, -0.25) is 8.84 Å². The van der Waals surface area contributed by atoms with E-state index in [1.165, 1.54) is 6.07 Å². The Bertz CT molecular complexity index is 372. The predicted octanol–water partition coefficient (Wildman–Crippen LogP) is -4.49. The fourth-order valence-corrected chi connectivity index (χ4v) is 0.781. The second-order valence-corrected chi connectivity index (χ2v) is 2.34. The Balaban J connectivity index is 0. The van der Waals surface area contributed by atoms with E-state index in [9.17, 15) is 9.00 Å². The Morgan fingerprint density at radius 2 is 2.38 bits per heavy atom. The molecule has 13 heavy (non-hydrogen) atoms. The Labute approximate surface area is 99.1 Å². The van der Waals surface area contributed by atoms with Gasteiger partial charge in [-0.2, -0.15) is 9.19 Å². The molecule has 0 fully saturated rings. The fourth-order valence-electron chi connectivity index (χ4n) is 0.530. The minimum Gasteiger partial charge on any atom is -1.00 e. The van der Waals surface area contributed by atoms with E-state index in [4.69, 9.17) is 10.3 Å². The zero-order valence-electron chi connectivity index (χ0n) is 7.71. The van der Waals surface area contributed by atoms with E-state index >= 15 is 0 Å². The fraction of sp³-hybridized carbons (Fsp3) is 0. The van der Waals surface area contributed by atoms with E-state index in [1.54, 1.807) is 0 Å². The summed E-state index contributed by atoms with van der Waals surface area (Å²) in [5.41, 5.74) is 4.29. The summed E-state index contributed by atoms with van der Waals surface area (Å²) in [4.78, 5) is 14.0. The van der Waals surface area contributed by atoms with Gasteiger partial charge in [0.25, 0.3) is 0 Å². The molecule has 3 N–H and O–H groups in total. The Kier molecular flexibility index (Phi) is 5.18. The molecule has 0 saturated heterocycles. The molecule has 9 heteroatoms. The quantitative estimate of drug-likeness (QED) is 0.380. The molecule has 0 aromatic carbocycles. The molecule has 68 valence electrons. The van der Waals surface area contributed by atoms with Crippen LogP contribution in [0.5, 0.6) is 0 Å². The zero-order chi connectivity index (χ0) is 9.14. The Hall–Kier alpha value is -0.410. The molecule has 1 heterocycles. The average molecular weight is 215 g/mol. The number of hydrogen-bond donors (Lipinski definition) is 2. The molecule has 0 radical (unpaired) electrons. The van der Waals surface area contributed by atoms with Crippen molar-refractivity contribution in [3.63, 3.8) is 0 Å². The molecule has 0 saturated carbocycles. The first-order valence-corrected chi connectivity index (χ1v) is 3.77. The first-order chi connectivity index (χ1) is 5.59. The predicted molar refractivity (Wildman–Crippen MR) is 41.4 cm³/mol. The zero-order valence-corrected chi connectivity index (χ0v) is 9.52. The Morgan fingerprint density at radius 3 is 2.85 bits per heavy atom. The van der Waals surface area contributed by atoms with Crippen LogP contribution in [0.3, 0.4) is 0 Å². The van der Waals surface area contributed by atoms with Crippen LogP contribution in [0.25, 0.3) is 0 Å². The van der Waals surface area contributed by atoms with Gasteiger partial charge in [0.1, 0.15) is 5.82 Å². The third-order valence-corrected chi connectivity index (χ3v) is 1.23. The van der Waals surface area contributed by atoms with E-state index in [0.29, 0.717) is 4.73 Å². The van der Waals surface area contributed by atoms with E-state index in [2.05, 4.69) is 9.27 Å². The second-order valence-electron chi connectivity index (χ2n) is 1.75. The van der Waals surface area contributed by atoms with Crippen molar-refractivity contribution in [1.29, 1.82) is 0 Å². The molecule has 0 spiro atoms. The summed E-state index contributed by atoms with van der Waals surface area (Å²) in [5, 5.41) is 0. The maximum atomic E-state index is 10.8. The number of nitrogens with two attached hydrogens (primary N) is 1. The van der Waals surface area contributed by atoms with E-state index in [0.717, 1.165) is 6.20 Å². The van der Waals surface area contributed by atoms with Crippen LogP contribution in [-0.4, -0.2) is 18.5 Å². The molecule has 0 aliphatic heterocycles.